The molecule has 0 spiro atoms. The van der Waals surface area contributed by atoms with E-state index in [0.717, 1.165) is 5.56 Å². The summed E-state index contributed by atoms with van der Waals surface area (Å²) in [7, 11) is 0. The lowest BCUT2D eigenvalue weighted by atomic mass is 10.3. The van der Waals surface area contributed by atoms with Gasteiger partial charge in [0.2, 0.25) is 0 Å². The Hall–Kier alpha value is -1.51. The molecule has 1 aromatic heterocycles. The van der Waals surface area contributed by atoms with Crippen LogP contribution >= 0.6 is 0 Å². The van der Waals surface area contributed by atoms with Gasteiger partial charge in [-0.25, -0.2) is 0 Å². The van der Waals surface area contributed by atoms with Crippen molar-refractivity contribution in [3.05, 3.63) is 40.7 Å². The van der Waals surface area contributed by atoms with Crippen molar-refractivity contribution in [3.63, 3.8) is 0 Å². The third-order valence-corrected chi connectivity index (χ3v) is 1.56. The molecule has 1 aromatic rings. The van der Waals surface area contributed by atoms with Gasteiger partial charge in [0.15, 0.2) is 5.88 Å². The maximum atomic E-state index is 11.2. The summed E-state index contributed by atoms with van der Waals surface area (Å²) in [5, 5.41) is 9.32. The summed E-state index contributed by atoms with van der Waals surface area (Å²) in [6.45, 7) is 5.59. The molecule has 0 aliphatic carbocycles. The Labute approximate surface area is 70.6 Å². The third-order valence-electron chi connectivity index (χ3n) is 1.56. The SMILES string of the molecule is C=CCn1c(O)cc(C)cc1=O. The van der Waals surface area contributed by atoms with Crippen LogP contribution in [0.2, 0.25) is 0 Å². The van der Waals surface area contributed by atoms with Crippen molar-refractivity contribution >= 4 is 0 Å². The lowest BCUT2D eigenvalue weighted by molar-refractivity contribution is 0.416. The van der Waals surface area contributed by atoms with E-state index in [2.05, 4.69) is 6.58 Å². The predicted octanol–water partition coefficient (Wildman–Crippen LogP) is 1.05. The maximum absolute atomic E-state index is 11.2. The molecule has 0 unspecified atom stereocenters. The Morgan fingerprint density at radius 2 is 2.33 bits per heavy atom. The molecule has 1 N–H and O–H groups in total. The molecule has 3 heteroatoms. The fourth-order valence-electron chi connectivity index (χ4n) is 1.02. The highest BCUT2D eigenvalue weighted by atomic mass is 16.3. The van der Waals surface area contributed by atoms with Gasteiger partial charge in [0, 0.05) is 18.7 Å². The van der Waals surface area contributed by atoms with Crippen molar-refractivity contribution in [2.24, 2.45) is 0 Å². The fourth-order valence-corrected chi connectivity index (χ4v) is 1.02. The molecule has 0 aliphatic rings. The van der Waals surface area contributed by atoms with Crippen LogP contribution in [0, 0.1) is 6.92 Å². The molecule has 0 saturated carbocycles. The lowest BCUT2D eigenvalue weighted by Crippen LogP contribution is -2.18. The number of nitrogens with zero attached hydrogens (tertiary/aromatic N) is 1. The summed E-state index contributed by atoms with van der Waals surface area (Å²) < 4.78 is 1.25. The van der Waals surface area contributed by atoms with Crippen molar-refractivity contribution in [1.82, 2.24) is 4.57 Å². The summed E-state index contributed by atoms with van der Waals surface area (Å²) in [6, 6.07) is 3.02. The second-order valence-corrected chi connectivity index (χ2v) is 2.63. The highest BCUT2D eigenvalue weighted by Crippen LogP contribution is 2.07. The minimum absolute atomic E-state index is 0.0140. The maximum Gasteiger partial charge on any atom is 0.253 e. The molecular formula is C9H11NO2. The highest BCUT2D eigenvalue weighted by molar-refractivity contribution is 5.19. The van der Waals surface area contributed by atoms with Gasteiger partial charge < -0.3 is 5.11 Å². The first kappa shape index (κ1) is 8.59. The Kier molecular flexibility index (Phi) is 2.33. The van der Waals surface area contributed by atoms with Crippen LogP contribution in [0.1, 0.15) is 5.56 Å². The van der Waals surface area contributed by atoms with Crippen LogP contribution in [-0.4, -0.2) is 9.67 Å². The molecule has 1 heterocycles. The first-order chi connectivity index (χ1) is 5.65. The summed E-state index contributed by atoms with van der Waals surface area (Å²) in [5.41, 5.74) is 0.560. The Morgan fingerprint density at radius 1 is 1.67 bits per heavy atom. The minimum Gasteiger partial charge on any atom is -0.494 e. The minimum atomic E-state index is -0.201. The van der Waals surface area contributed by atoms with Gasteiger partial charge in [0.25, 0.3) is 5.56 Å². The lowest BCUT2D eigenvalue weighted by Gasteiger charge is -2.04. The quantitative estimate of drug-likeness (QED) is 0.665. The summed E-state index contributed by atoms with van der Waals surface area (Å²) in [6.07, 6.45) is 1.57. The molecule has 64 valence electrons. The molecule has 0 radical (unpaired) electrons. The second-order valence-electron chi connectivity index (χ2n) is 2.63. The summed E-state index contributed by atoms with van der Waals surface area (Å²) >= 11 is 0. The predicted molar refractivity (Wildman–Crippen MR) is 47.3 cm³/mol. The molecule has 3 nitrogen and oxygen atoms in total. The average molecular weight is 165 g/mol. The smallest absolute Gasteiger partial charge is 0.253 e. The third kappa shape index (κ3) is 1.56. The van der Waals surface area contributed by atoms with E-state index in [-0.39, 0.29) is 11.4 Å². The fraction of sp³-hybridized carbons (Fsp3) is 0.222. The van der Waals surface area contributed by atoms with Crippen LogP contribution in [0.15, 0.2) is 29.6 Å². The Morgan fingerprint density at radius 3 is 2.83 bits per heavy atom. The number of aromatic hydroxyl groups is 1. The largest absolute Gasteiger partial charge is 0.494 e. The standard InChI is InChI=1S/C9H11NO2/c1-3-4-10-8(11)5-7(2)6-9(10)12/h3,5-6,11H,1,4H2,2H3. The molecule has 0 aliphatic heterocycles. The number of rotatable bonds is 2. The zero-order valence-corrected chi connectivity index (χ0v) is 6.95. The van der Waals surface area contributed by atoms with E-state index in [0.29, 0.717) is 6.54 Å². The second kappa shape index (κ2) is 3.26. The number of aryl methyl sites for hydroxylation is 1. The van der Waals surface area contributed by atoms with Crippen LogP contribution < -0.4 is 5.56 Å². The molecule has 0 atom stereocenters. The zero-order valence-electron chi connectivity index (χ0n) is 6.95. The van der Waals surface area contributed by atoms with Gasteiger partial charge in [0.1, 0.15) is 0 Å². The first-order valence-corrected chi connectivity index (χ1v) is 3.66. The van der Waals surface area contributed by atoms with Gasteiger partial charge in [-0.3, -0.25) is 9.36 Å². The van der Waals surface area contributed by atoms with Crippen molar-refractivity contribution in [2.45, 2.75) is 13.5 Å². The highest BCUT2D eigenvalue weighted by Gasteiger charge is 2.00. The van der Waals surface area contributed by atoms with Crippen LogP contribution in [0.4, 0.5) is 0 Å². The van der Waals surface area contributed by atoms with Crippen LogP contribution in [0.25, 0.3) is 0 Å². The molecule has 0 saturated heterocycles. The molecule has 1 rings (SSSR count). The van der Waals surface area contributed by atoms with Crippen molar-refractivity contribution in [1.29, 1.82) is 0 Å². The van der Waals surface area contributed by atoms with Gasteiger partial charge in [-0.05, 0) is 12.5 Å². The van der Waals surface area contributed by atoms with E-state index in [1.165, 1.54) is 10.6 Å². The Bertz CT molecular complexity index is 352. The first-order valence-electron chi connectivity index (χ1n) is 3.66. The van der Waals surface area contributed by atoms with E-state index < -0.39 is 0 Å². The van der Waals surface area contributed by atoms with Gasteiger partial charge in [0.05, 0.1) is 0 Å². The van der Waals surface area contributed by atoms with Gasteiger partial charge in [-0.2, -0.15) is 0 Å². The van der Waals surface area contributed by atoms with Crippen LogP contribution in [-0.2, 0) is 6.54 Å². The van der Waals surface area contributed by atoms with Crippen molar-refractivity contribution < 1.29 is 5.11 Å². The van der Waals surface area contributed by atoms with Crippen molar-refractivity contribution in [2.75, 3.05) is 0 Å². The van der Waals surface area contributed by atoms with E-state index in [9.17, 15) is 9.90 Å². The number of hydrogen-bond donors (Lipinski definition) is 1. The number of allylic oxidation sites excluding steroid dienone is 1. The zero-order chi connectivity index (χ0) is 9.14. The number of hydrogen-bond acceptors (Lipinski definition) is 2. The van der Waals surface area contributed by atoms with Gasteiger partial charge in [-0.1, -0.05) is 6.08 Å². The van der Waals surface area contributed by atoms with Gasteiger partial charge >= 0.3 is 0 Å². The summed E-state index contributed by atoms with van der Waals surface area (Å²) in [4.78, 5) is 11.2. The summed E-state index contributed by atoms with van der Waals surface area (Å²) in [5.74, 6) is -0.0140. The van der Waals surface area contributed by atoms with E-state index in [1.54, 1.807) is 19.1 Å². The monoisotopic (exact) mass is 165 g/mol. The topological polar surface area (TPSA) is 42.2 Å². The molecule has 12 heavy (non-hydrogen) atoms. The van der Waals surface area contributed by atoms with Crippen LogP contribution in [0.3, 0.4) is 0 Å². The molecule has 0 aromatic carbocycles. The van der Waals surface area contributed by atoms with E-state index in [1.807, 2.05) is 0 Å². The van der Waals surface area contributed by atoms with Crippen LogP contribution in [0.5, 0.6) is 5.88 Å². The molecule has 0 amide bonds. The number of pyridine rings is 1. The average Bonchev–Trinajstić information content (AvgIpc) is 1.96. The van der Waals surface area contributed by atoms with E-state index >= 15 is 0 Å². The number of aromatic nitrogens is 1. The molecule has 0 fully saturated rings. The van der Waals surface area contributed by atoms with E-state index in [4.69, 9.17) is 0 Å². The van der Waals surface area contributed by atoms with Gasteiger partial charge in [-0.15, -0.1) is 6.58 Å². The molecular weight excluding hydrogens is 154 g/mol. The van der Waals surface area contributed by atoms with Crippen molar-refractivity contribution in [3.8, 4) is 5.88 Å². The normalized spacial score (nSPS) is 9.75. The Balaban J connectivity index is 3.28. The molecule has 0 bridgehead atoms.